The highest BCUT2D eigenvalue weighted by Gasteiger charge is 2.57. The second kappa shape index (κ2) is 5.01. The zero-order chi connectivity index (χ0) is 13.2. The molecular weight excluding hydrogens is 224 g/mol. The molecule has 0 saturated heterocycles. The molecular formula is C11H20N2O4. The fraction of sp³-hybridized carbons (Fsp3) is 0.818. The lowest BCUT2D eigenvalue weighted by molar-refractivity contribution is -0.148. The Balaban J connectivity index is 2.91. The van der Waals surface area contributed by atoms with Crippen molar-refractivity contribution in [2.24, 2.45) is 11.1 Å². The summed E-state index contributed by atoms with van der Waals surface area (Å²) >= 11 is 0. The summed E-state index contributed by atoms with van der Waals surface area (Å²) in [7, 11) is 0. The van der Waals surface area contributed by atoms with Gasteiger partial charge in [0, 0.05) is 0 Å². The van der Waals surface area contributed by atoms with Crippen LogP contribution in [-0.4, -0.2) is 52.2 Å². The number of hydrogen-bond acceptors (Lipinski definition) is 4. The van der Waals surface area contributed by atoms with Crippen LogP contribution in [0.25, 0.3) is 0 Å². The van der Waals surface area contributed by atoms with Gasteiger partial charge in [-0.25, -0.2) is 0 Å². The number of aliphatic hydroxyl groups excluding tert-OH is 2. The summed E-state index contributed by atoms with van der Waals surface area (Å²) in [5.74, 6) is -1.00. The Kier molecular flexibility index (Phi) is 4.11. The van der Waals surface area contributed by atoms with E-state index in [1.165, 1.54) is 4.90 Å². The molecule has 0 aromatic heterocycles. The summed E-state index contributed by atoms with van der Waals surface area (Å²) in [5.41, 5.74) is 4.14. The SMILES string of the molecule is CC(CO)N(C(=O)C1(C(N)=O)CC1)C(C)CO. The topological polar surface area (TPSA) is 104 Å². The average molecular weight is 244 g/mol. The first-order valence-electron chi connectivity index (χ1n) is 5.75. The minimum Gasteiger partial charge on any atom is -0.394 e. The fourth-order valence-electron chi connectivity index (χ4n) is 1.95. The van der Waals surface area contributed by atoms with E-state index in [0.717, 1.165) is 0 Å². The fourth-order valence-corrected chi connectivity index (χ4v) is 1.95. The number of nitrogens with zero attached hydrogens (tertiary/aromatic N) is 1. The van der Waals surface area contributed by atoms with Crippen LogP contribution in [0.4, 0.5) is 0 Å². The minimum atomic E-state index is -1.10. The van der Waals surface area contributed by atoms with Crippen molar-refractivity contribution in [3.05, 3.63) is 0 Å². The van der Waals surface area contributed by atoms with E-state index < -0.39 is 23.4 Å². The molecule has 0 aliphatic heterocycles. The van der Waals surface area contributed by atoms with E-state index in [2.05, 4.69) is 0 Å². The largest absolute Gasteiger partial charge is 0.394 e. The Morgan fingerprint density at radius 3 is 1.88 bits per heavy atom. The van der Waals surface area contributed by atoms with Gasteiger partial charge in [-0.05, 0) is 26.7 Å². The highest BCUT2D eigenvalue weighted by Crippen LogP contribution is 2.47. The zero-order valence-corrected chi connectivity index (χ0v) is 10.2. The van der Waals surface area contributed by atoms with Crippen LogP contribution in [-0.2, 0) is 9.59 Å². The number of nitrogens with two attached hydrogens (primary N) is 1. The summed E-state index contributed by atoms with van der Waals surface area (Å²) in [5, 5.41) is 18.3. The van der Waals surface area contributed by atoms with Gasteiger partial charge in [0.2, 0.25) is 11.8 Å². The number of carbonyl (C=O) groups is 2. The molecule has 1 saturated carbocycles. The monoisotopic (exact) mass is 244 g/mol. The lowest BCUT2D eigenvalue weighted by Crippen LogP contribution is -2.53. The molecule has 1 aliphatic rings. The number of amides is 2. The van der Waals surface area contributed by atoms with Crippen molar-refractivity contribution in [2.75, 3.05) is 13.2 Å². The molecule has 2 atom stereocenters. The Morgan fingerprint density at radius 2 is 1.65 bits per heavy atom. The van der Waals surface area contributed by atoms with Gasteiger partial charge in [0.05, 0.1) is 25.3 Å². The van der Waals surface area contributed by atoms with Crippen molar-refractivity contribution in [1.29, 1.82) is 0 Å². The summed E-state index contributed by atoms with van der Waals surface area (Å²) in [4.78, 5) is 24.9. The molecule has 0 aromatic carbocycles. The molecule has 4 N–H and O–H groups in total. The maximum atomic E-state index is 12.3. The van der Waals surface area contributed by atoms with Crippen LogP contribution in [0.1, 0.15) is 26.7 Å². The van der Waals surface area contributed by atoms with E-state index >= 15 is 0 Å². The first-order chi connectivity index (χ1) is 7.90. The van der Waals surface area contributed by atoms with Crippen LogP contribution >= 0.6 is 0 Å². The molecule has 0 spiro atoms. The second-order valence-electron chi connectivity index (χ2n) is 4.72. The third-order valence-corrected chi connectivity index (χ3v) is 3.34. The van der Waals surface area contributed by atoms with Crippen molar-refractivity contribution < 1.29 is 19.8 Å². The zero-order valence-electron chi connectivity index (χ0n) is 10.2. The van der Waals surface area contributed by atoms with E-state index in [1.807, 2.05) is 0 Å². The standard InChI is InChI=1S/C11H20N2O4/c1-7(5-14)13(8(2)6-15)10(17)11(3-4-11)9(12)16/h7-8,14-15H,3-6H2,1-2H3,(H2,12,16). The van der Waals surface area contributed by atoms with E-state index in [4.69, 9.17) is 15.9 Å². The normalized spacial score (nSPS) is 20.5. The van der Waals surface area contributed by atoms with Crippen LogP contribution in [0.15, 0.2) is 0 Å². The van der Waals surface area contributed by atoms with Crippen LogP contribution in [0.5, 0.6) is 0 Å². The van der Waals surface area contributed by atoms with Crippen molar-refractivity contribution >= 4 is 11.8 Å². The molecule has 0 radical (unpaired) electrons. The number of primary amides is 1. The molecule has 2 amide bonds. The van der Waals surface area contributed by atoms with Gasteiger partial charge in [-0.15, -0.1) is 0 Å². The molecule has 1 fully saturated rings. The molecule has 6 nitrogen and oxygen atoms in total. The van der Waals surface area contributed by atoms with E-state index in [9.17, 15) is 9.59 Å². The van der Waals surface area contributed by atoms with Crippen molar-refractivity contribution in [1.82, 2.24) is 4.90 Å². The van der Waals surface area contributed by atoms with Crippen molar-refractivity contribution in [2.45, 2.75) is 38.8 Å². The Hall–Kier alpha value is -1.14. The van der Waals surface area contributed by atoms with Gasteiger partial charge < -0.3 is 20.8 Å². The highest BCUT2D eigenvalue weighted by atomic mass is 16.3. The van der Waals surface area contributed by atoms with E-state index in [-0.39, 0.29) is 19.1 Å². The van der Waals surface area contributed by atoms with Gasteiger partial charge in [0.15, 0.2) is 0 Å². The highest BCUT2D eigenvalue weighted by molar-refractivity contribution is 6.07. The molecule has 2 unspecified atom stereocenters. The van der Waals surface area contributed by atoms with Crippen LogP contribution in [0.2, 0.25) is 0 Å². The lowest BCUT2D eigenvalue weighted by atomic mass is 10.0. The van der Waals surface area contributed by atoms with E-state index in [0.29, 0.717) is 12.8 Å². The first kappa shape index (κ1) is 13.9. The average Bonchev–Trinajstić information content (AvgIpc) is 3.09. The molecule has 6 heteroatoms. The predicted octanol–water partition coefficient (Wildman–Crippen LogP) is -1.16. The van der Waals surface area contributed by atoms with Crippen LogP contribution in [0, 0.1) is 5.41 Å². The minimum absolute atomic E-state index is 0.217. The summed E-state index contributed by atoms with van der Waals surface area (Å²) < 4.78 is 0. The predicted molar refractivity (Wildman–Crippen MR) is 60.8 cm³/mol. The maximum absolute atomic E-state index is 12.3. The smallest absolute Gasteiger partial charge is 0.238 e. The van der Waals surface area contributed by atoms with Gasteiger partial charge in [-0.3, -0.25) is 9.59 Å². The van der Waals surface area contributed by atoms with E-state index in [1.54, 1.807) is 13.8 Å². The Labute approximate surface area is 100 Å². The summed E-state index contributed by atoms with van der Waals surface area (Å²) in [6, 6.07) is -0.886. The number of rotatable bonds is 6. The van der Waals surface area contributed by atoms with Crippen LogP contribution in [0.3, 0.4) is 0 Å². The van der Waals surface area contributed by atoms with Gasteiger partial charge in [0.25, 0.3) is 0 Å². The molecule has 98 valence electrons. The van der Waals surface area contributed by atoms with Gasteiger partial charge in [-0.1, -0.05) is 0 Å². The molecule has 0 aromatic rings. The van der Waals surface area contributed by atoms with Crippen LogP contribution < -0.4 is 5.73 Å². The molecule has 1 aliphatic carbocycles. The third kappa shape index (κ3) is 2.42. The molecule has 1 rings (SSSR count). The Morgan fingerprint density at radius 1 is 1.24 bits per heavy atom. The number of carbonyl (C=O) groups excluding carboxylic acids is 2. The molecule has 17 heavy (non-hydrogen) atoms. The first-order valence-corrected chi connectivity index (χ1v) is 5.75. The molecule has 0 heterocycles. The quantitative estimate of drug-likeness (QED) is 0.513. The summed E-state index contributed by atoms with van der Waals surface area (Å²) in [6.45, 7) is 2.90. The lowest BCUT2D eigenvalue weighted by Gasteiger charge is -2.35. The summed E-state index contributed by atoms with van der Waals surface area (Å²) in [6.07, 6.45) is 0.905. The van der Waals surface area contributed by atoms with Gasteiger partial charge in [0.1, 0.15) is 5.41 Å². The van der Waals surface area contributed by atoms with Crippen molar-refractivity contribution in [3.63, 3.8) is 0 Å². The number of hydrogen-bond donors (Lipinski definition) is 3. The van der Waals surface area contributed by atoms with Gasteiger partial charge >= 0.3 is 0 Å². The second-order valence-corrected chi connectivity index (χ2v) is 4.72. The van der Waals surface area contributed by atoms with Crippen molar-refractivity contribution in [3.8, 4) is 0 Å². The van der Waals surface area contributed by atoms with Gasteiger partial charge in [-0.2, -0.15) is 0 Å². The number of aliphatic hydroxyl groups is 2. The Bertz CT molecular complexity index is 305. The molecule has 0 bridgehead atoms. The maximum Gasteiger partial charge on any atom is 0.238 e. The third-order valence-electron chi connectivity index (χ3n) is 3.34.